The lowest BCUT2D eigenvalue weighted by atomic mass is 9.99. The highest BCUT2D eigenvalue weighted by Gasteiger charge is 2.15. The smallest absolute Gasteiger partial charge is 0.0431 e. The van der Waals surface area contributed by atoms with Crippen LogP contribution >= 0.6 is 11.6 Å². The minimum atomic E-state index is 0.201. The molecule has 112 valence electrons. The summed E-state index contributed by atoms with van der Waals surface area (Å²) in [7, 11) is 0. The van der Waals surface area contributed by atoms with Gasteiger partial charge in [0, 0.05) is 23.7 Å². The van der Waals surface area contributed by atoms with E-state index >= 15 is 0 Å². The zero-order chi connectivity index (χ0) is 15.1. The number of rotatable bonds is 7. The SMILES string of the molecule is CC(NC(CCCO)c1ccccc1)c1cccc(Cl)c1. The van der Waals surface area contributed by atoms with Crippen molar-refractivity contribution in [2.24, 2.45) is 0 Å². The highest BCUT2D eigenvalue weighted by atomic mass is 35.5. The van der Waals surface area contributed by atoms with Gasteiger partial charge in [-0.15, -0.1) is 0 Å². The van der Waals surface area contributed by atoms with E-state index in [1.807, 2.05) is 36.4 Å². The van der Waals surface area contributed by atoms with Crippen molar-refractivity contribution in [2.45, 2.75) is 31.8 Å². The third-order valence-corrected chi connectivity index (χ3v) is 3.89. The van der Waals surface area contributed by atoms with Crippen molar-refractivity contribution in [1.82, 2.24) is 5.32 Å². The van der Waals surface area contributed by atoms with Gasteiger partial charge >= 0.3 is 0 Å². The summed E-state index contributed by atoms with van der Waals surface area (Å²) in [5.74, 6) is 0. The van der Waals surface area contributed by atoms with Crippen LogP contribution in [0.25, 0.3) is 0 Å². The average molecular weight is 304 g/mol. The minimum Gasteiger partial charge on any atom is -0.396 e. The van der Waals surface area contributed by atoms with Crippen LogP contribution in [0.3, 0.4) is 0 Å². The Kier molecular flexibility index (Phi) is 6.24. The molecule has 0 spiro atoms. The minimum absolute atomic E-state index is 0.201. The third-order valence-electron chi connectivity index (χ3n) is 3.65. The molecular formula is C18H22ClNO. The van der Waals surface area contributed by atoms with Gasteiger partial charge in [0.2, 0.25) is 0 Å². The molecule has 0 saturated heterocycles. The average Bonchev–Trinajstić information content (AvgIpc) is 2.52. The van der Waals surface area contributed by atoms with Crippen LogP contribution in [0, 0.1) is 0 Å². The van der Waals surface area contributed by atoms with Gasteiger partial charge in [0.25, 0.3) is 0 Å². The summed E-state index contributed by atoms with van der Waals surface area (Å²) < 4.78 is 0. The number of hydrogen-bond acceptors (Lipinski definition) is 2. The number of aliphatic hydroxyl groups is 1. The molecular weight excluding hydrogens is 282 g/mol. The molecule has 21 heavy (non-hydrogen) atoms. The molecule has 0 amide bonds. The van der Waals surface area contributed by atoms with Gasteiger partial charge in [-0.2, -0.15) is 0 Å². The maximum absolute atomic E-state index is 9.10. The van der Waals surface area contributed by atoms with Crippen molar-refractivity contribution in [3.63, 3.8) is 0 Å². The van der Waals surface area contributed by atoms with Crippen LogP contribution in [-0.2, 0) is 0 Å². The van der Waals surface area contributed by atoms with Gasteiger partial charge in [-0.25, -0.2) is 0 Å². The summed E-state index contributed by atoms with van der Waals surface area (Å²) in [4.78, 5) is 0. The number of aliphatic hydroxyl groups excluding tert-OH is 1. The molecule has 0 fully saturated rings. The molecule has 0 aliphatic rings. The fraction of sp³-hybridized carbons (Fsp3) is 0.333. The topological polar surface area (TPSA) is 32.3 Å². The van der Waals surface area contributed by atoms with E-state index in [1.54, 1.807) is 0 Å². The molecule has 2 aromatic carbocycles. The van der Waals surface area contributed by atoms with Gasteiger partial charge in [0.1, 0.15) is 0 Å². The molecule has 2 aromatic rings. The first-order chi connectivity index (χ1) is 10.2. The van der Waals surface area contributed by atoms with Crippen LogP contribution in [0.2, 0.25) is 5.02 Å². The lowest BCUT2D eigenvalue weighted by Gasteiger charge is -2.24. The number of benzene rings is 2. The van der Waals surface area contributed by atoms with E-state index in [9.17, 15) is 0 Å². The zero-order valence-electron chi connectivity index (χ0n) is 12.3. The zero-order valence-corrected chi connectivity index (χ0v) is 13.1. The number of nitrogens with one attached hydrogen (secondary N) is 1. The lowest BCUT2D eigenvalue weighted by Crippen LogP contribution is -2.25. The van der Waals surface area contributed by atoms with E-state index in [0.29, 0.717) is 0 Å². The molecule has 0 aliphatic heterocycles. The van der Waals surface area contributed by atoms with E-state index < -0.39 is 0 Å². The largest absolute Gasteiger partial charge is 0.396 e. The normalized spacial score (nSPS) is 13.9. The predicted molar refractivity (Wildman–Crippen MR) is 88.5 cm³/mol. The summed E-state index contributed by atoms with van der Waals surface area (Å²) in [5.41, 5.74) is 2.42. The molecule has 2 unspecified atom stereocenters. The van der Waals surface area contributed by atoms with Gasteiger partial charge in [-0.1, -0.05) is 54.1 Å². The van der Waals surface area contributed by atoms with Crippen LogP contribution in [0.1, 0.15) is 43.0 Å². The molecule has 2 rings (SSSR count). The van der Waals surface area contributed by atoms with Gasteiger partial charge < -0.3 is 10.4 Å². The van der Waals surface area contributed by atoms with Crippen LogP contribution < -0.4 is 5.32 Å². The van der Waals surface area contributed by atoms with Crippen LogP contribution in [-0.4, -0.2) is 11.7 Å². The molecule has 0 aliphatic carbocycles. The second kappa shape index (κ2) is 8.18. The predicted octanol–water partition coefficient (Wildman–Crippen LogP) is 4.50. The van der Waals surface area contributed by atoms with Crippen molar-refractivity contribution in [1.29, 1.82) is 0 Å². The second-order valence-corrected chi connectivity index (χ2v) is 5.71. The number of hydrogen-bond donors (Lipinski definition) is 2. The molecule has 0 aromatic heterocycles. The Balaban J connectivity index is 2.11. The summed E-state index contributed by atoms with van der Waals surface area (Å²) in [6.07, 6.45) is 1.69. The van der Waals surface area contributed by atoms with E-state index in [4.69, 9.17) is 16.7 Å². The molecule has 0 bridgehead atoms. The summed E-state index contributed by atoms with van der Waals surface area (Å²) in [5, 5.41) is 13.5. The van der Waals surface area contributed by atoms with E-state index in [0.717, 1.165) is 17.9 Å². The Bertz CT molecular complexity index is 544. The lowest BCUT2D eigenvalue weighted by molar-refractivity contribution is 0.272. The molecule has 2 atom stereocenters. The number of halogens is 1. The Labute approximate surface area is 131 Å². The maximum atomic E-state index is 9.10. The summed E-state index contributed by atoms with van der Waals surface area (Å²) >= 11 is 6.07. The van der Waals surface area contributed by atoms with Crippen molar-refractivity contribution >= 4 is 11.6 Å². The van der Waals surface area contributed by atoms with Gasteiger partial charge in [-0.3, -0.25) is 0 Å². The van der Waals surface area contributed by atoms with E-state index in [-0.39, 0.29) is 18.7 Å². The monoisotopic (exact) mass is 303 g/mol. The Morgan fingerprint density at radius 2 is 1.76 bits per heavy atom. The first kappa shape index (κ1) is 16.0. The van der Waals surface area contributed by atoms with E-state index in [2.05, 4.69) is 30.4 Å². The van der Waals surface area contributed by atoms with Crippen LogP contribution in [0.5, 0.6) is 0 Å². The van der Waals surface area contributed by atoms with Gasteiger partial charge in [0.05, 0.1) is 0 Å². The molecule has 0 radical (unpaired) electrons. The van der Waals surface area contributed by atoms with Gasteiger partial charge in [-0.05, 0) is 43.0 Å². The Morgan fingerprint density at radius 3 is 2.43 bits per heavy atom. The first-order valence-electron chi connectivity index (χ1n) is 7.38. The van der Waals surface area contributed by atoms with Gasteiger partial charge in [0.15, 0.2) is 0 Å². The van der Waals surface area contributed by atoms with E-state index in [1.165, 1.54) is 11.1 Å². The van der Waals surface area contributed by atoms with Crippen molar-refractivity contribution in [3.05, 3.63) is 70.7 Å². The fourth-order valence-corrected chi connectivity index (χ4v) is 2.70. The molecule has 2 N–H and O–H groups in total. The third kappa shape index (κ3) is 4.85. The van der Waals surface area contributed by atoms with Crippen molar-refractivity contribution in [2.75, 3.05) is 6.61 Å². The van der Waals surface area contributed by atoms with Crippen LogP contribution in [0.15, 0.2) is 54.6 Å². The highest BCUT2D eigenvalue weighted by molar-refractivity contribution is 6.30. The molecule has 0 saturated carbocycles. The Hall–Kier alpha value is -1.35. The quantitative estimate of drug-likeness (QED) is 0.789. The summed E-state index contributed by atoms with van der Waals surface area (Å²) in [6, 6.07) is 18.7. The van der Waals surface area contributed by atoms with Crippen molar-refractivity contribution in [3.8, 4) is 0 Å². The second-order valence-electron chi connectivity index (χ2n) is 5.27. The standard InChI is InChI=1S/C18H22ClNO/c1-14(16-9-5-10-17(19)13-16)20-18(11-6-12-21)15-7-3-2-4-8-15/h2-5,7-10,13-14,18,20-21H,6,11-12H2,1H3. The molecule has 2 nitrogen and oxygen atoms in total. The fourth-order valence-electron chi connectivity index (χ4n) is 2.50. The molecule has 0 heterocycles. The maximum Gasteiger partial charge on any atom is 0.0431 e. The molecule has 3 heteroatoms. The first-order valence-corrected chi connectivity index (χ1v) is 7.76. The summed E-state index contributed by atoms with van der Waals surface area (Å²) in [6.45, 7) is 2.36. The Morgan fingerprint density at radius 1 is 1.05 bits per heavy atom. The highest BCUT2D eigenvalue weighted by Crippen LogP contribution is 2.24. The van der Waals surface area contributed by atoms with Crippen LogP contribution in [0.4, 0.5) is 0 Å². The van der Waals surface area contributed by atoms with Crippen molar-refractivity contribution < 1.29 is 5.11 Å².